The first-order chi connectivity index (χ1) is 38.2. The lowest BCUT2D eigenvalue weighted by Crippen LogP contribution is -2.61. The third kappa shape index (κ3) is 21.8. The molecule has 0 unspecified atom stereocenters. The van der Waals surface area contributed by atoms with Gasteiger partial charge in [-0.25, -0.2) is 24.7 Å². The number of hydrogen-bond acceptors (Lipinski definition) is 16. The van der Waals surface area contributed by atoms with Gasteiger partial charge in [0.25, 0.3) is 5.96 Å². The molecule has 0 aliphatic carbocycles. The van der Waals surface area contributed by atoms with E-state index in [0.29, 0.717) is 22.3 Å². The summed E-state index contributed by atoms with van der Waals surface area (Å²) in [6, 6.07) is 27.3. The van der Waals surface area contributed by atoms with Crippen molar-refractivity contribution < 1.29 is 67.1 Å². The van der Waals surface area contributed by atoms with Crippen molar-refractivity contribution in [3.63, 3.8) is 0 Å². The minimum absolute atomic E-state index is 0.0297. The molecular weight excluding hydrogens is 1040 g/mol. The molecule has 0 radical (unpaired) electrons. The summed E-state index contributed by atoms with van der Waals surface area (Å²) < 4.78 is 28.1. The Morgan fingerprint density at radius 2 is 1.18 bits per heavy atom. The number of amides is 5. The number of nitro groups is 1. The van der Waals surface area contributed by atoms with Crippen LogP contribution in [-0.2, 0) is 83.7 Å². The molecule has 24 heteroatoms. The summed E-state index contributed by atoms with van der Waals surface area (Å²) in [5.41, 5.74) is 8.88. The number of ether oxygens (including phenoxy) is 5. The minimum atomic E-state index is -1.74. The average Bonchev–Trinajstić information content (AvgIpc) is 3.94. The van der Waals surface area contributed by atoms with E-state index < -0.39 is 113 Å². The Labute approximate surface area is 463 Å². The number of nitrogens with two attached hydrogens (primary N) is 1. The standard InChI is InChI=1S/C56H69N9O15/c1-37(76-33-38-19-9-5-10-20-38)48(62-49(68)43(61-55(73)80-56(2,3)4)31-46(66)77-34-39-21-11-6-12-22-39)51(70)60-44(32-47(67)78-35-40-23-13-7-14-24-40)52(71)64-30-18-28-45(64)50(69)59-42(27-17-29-58-54(57)63-65(74)75)53(72)79-36-41-25-15-8-16-26-41/h5-16,19-26,37,42-45,48H,17-18,27-36H2,1-4H3,(H,59,69)(H,60,70)(H,61,73)(H,62,68)(H3,57,58,63)/t37-,42+,43+,44+,45+,48+/m1/s1. The van der Waals surface area contributed by atoms with Gasteiger partial charge < -0.3 is 55.6 Å². The SMILES string of the molecule is C[C@@H](OCc1ccccc1)[C@H](NC(=O)[C@H](CC(=O)OCc1ccccc1)NC(=O)OC(C)(C)C)C(=O)N[C@@H](CC(=O)OCc1ccccc1)C(=O)N1CCC[C@H]1C(=O)N[C@@H](CCCN=C(N)N[N+](=O)[O-])C(=O)OCc1ccccc1. The maximum Gasteiger partial charge on any atom is 0.408 e. The molecule has 1 aliphatic rings. The van der Waals surface area contributed by atoms with Gasteiger partial charge in [0.2, 0.25) is 23.6 Å². The highest BCUT2D eigenvalue weighted by Crippen LogP contribution is 2.21. The van der Waals surface area contributed by atoms with Crippen molar-refractivity contribution in [1.82, 2.24) is 31.6 Å². The predicted molar refractivity (Wildman–Crippen MR) is 288 cm³/mol. The first kappa shape index (κ1) is 61.9. The largest absolute Gasteiger partial charge is 0.461 e. The summed E-state index contributed by atoms with van der Waals surface area (Å²) in [4.78, 5) is 128. The Hall–Kier alpha value is -8.93. The topological polar surface area (TPSA) is 328 Å². The van der Waals surface area contributed by atoms with Gasteiger partial charge in [-0.2, -0.15) is 0 Å². The molecule has 5 amide bonds. The van der Waals surface area contributed by atoms with Crippen molar-refractivity contribution in [1.29, 1.82) is 0 Å². The summed E-state index contributed by atoms with van der Waals surface area (Å²) in [5.74, 6) is -6.88. The van der Waals surface area contributed by atoms with Crippen LogP contribution in [0, 0.1) is 10.1 Å². The van der Waals surface area contributed by atoms with E-state index in [2.05, 4.69) is 26.3 Å². The molecule has 4 aromatic carbocycles. The molecule has 24 nitrogen and oxygen atoms in total. The van der Waals surface area contributed by atoms with Crippen LogP contribution in [-0.4, -0.2) is 119 Å². The molecule has 1 fully saturated rings. The molecule has 7 N–H and O–H groups in total. The lowest BCUT2D eigenvalue weighted by Gasteiger charge is -2.31. The van der Waals surface area contributed by atoms with Gasteiger partial charge in [-0.15, -0.1) is 0 Å². The second-order valence-corrected chi connectivity index (χ2v) is 19.6. The Bertz CT molecular complexity index is 2730. The number of guanidine groups is 1. The lowest BCUT2D eigenvalue weighted by molar-refractivity contribution is -0.525. The molecule has 0 spiro atoms. The molecule has 1 aliphatic heterocycles. The van der Waals surface area contributed by atoms with Crippen molar-refractivity contribution in [3.05, 3.63) is 154 Å². The summed E-state index contributed by atoms with van der Waals surface area (Å²) in [6.45, 7) is 5.58. The normalized spacial score (nSPS) is 15.1. The van der Waals surface area contributed by atoms with E-state index in [4.69, 9.17) is 29.4 Å². The Balaban J connectivity index is 1.42. The van der Waals surface area contributed by atoms with Crippen molar-refractivity contribution in [2.45, 2.75) is 135 Å². The number of alkyl carbamates (subject to hydrolysis) is 1. The van der Waals surface area contributed by atoms with E-state index in [1.165, 1.54) is 6.92 Å². The zero-order chi connectivity index (χ0) is 58.0. The van der Waals surface area contributed by atoms with E-state index >= 15 is 0 Å². The molecular formula is C56H69N9O15. The zero-order valence-electron chi connectivity index (χ0n) is 45.0. The van der Waals surface area contributed by atoms with E-state index in [1.807, 2.05) is 0 Å². The number of esters is 3. The minimum Gasteiger partial charge on any atom is -0.461 e. The molecule has 1 saturated heterocycles. The fourth-order valence-electron chi connectivity index (χ4n) is 8.07. The molecule has 0 aromatic heterocycles. The number of nitrogens with zero attached hydrogens (tertiary/aromatic N) is 3. The lowest BCUT2D eigenvalue weighted by atomic mass is 10.1. The molecule has 6 atom stereocenters. The maximum absolute atomic E-state index is 14.9. The van der Waals surface area contributed by atoms with Crippen LogP contribution in [0.3, 0.4) is 0 Å². The second-order valence-electron chi connectivity index (χ2n) is 19.6. The number of benzene rings is 4. The summed E-state index contributed by atoms with van der Waals surface area (Å²) in [7, 11) is 0. The van der Waals surface area contributed by atoms with Crippen LogP contribution in [0.25, 0.3) is 0 Å². The number of hydrazine groups is 1. The fourth-order valence-corrected chi connectivity index (χ4v) is 8.07. The van der Waals surface area contributed by atoms with Gasteiger partial charge in [-0.3, -0.25) is 28.8 Å². The summed E-state index contributed by atoms with van der Waals surface area (Å²) in [5, 5.41) is 20.2. The first-order valence-electron chi connectivity index (χ1n) is 25.9. The number of likely N-dealkylation sites (tertiary alicyclic amines) is 1. The Morgan fingerprint density at radius 3 is 1.69 bits per heavy atom. The quantitative estimate of drug-likeness (QED) is 0.00895. The summed E-state index contributed by atoms with van der Waals surface area (Å²) >= 11 is 0. The number of carbonyl (C=O) groups is 8. The van der Waals surface area contributed by atoms with Gasteiger partial charge in [-0.1, -0.05) is 127 Å². The van der Waals surface area contributed by atoms with Crippen LogP contribution in [0.1, 0.15) is 88.5 Å². The monoisotopic (exact) mass is 1110 g/mol. The highest BCUT2D eigenvalue weighted by atomic mass is 16.7. The van der Waals surface area contributed by atoms with Gasteiger partial charge >= 0.3 is 24.0 Å². The van der Waals surface area contributed by atoms with Gasteiger partial charge in [0, 0.05) is 13.1 Å². The van der Waals surface area contributed by atoms with Crippen molar-refractivity contribution in [2.75, 3.05) is 13.1 Å². The van der Waals surface area contributed by atoms with E-state index in [1.54, 1.807) is 148 Å². The summed E-state index contributed by atoms with van der Waals surface area (Å²) in [6.07, 6.45) is -3.34. The van der Waals surface area contributed by atoms with Crippen molar-refractivity contribution in [3.8, 4) is 0 Å². The van der Waals surface area contributed by atoms with Crippen LogP contribution in [0.5, 0.6) is 0 Å². The number of carbonyl (C=O) groups excluding carboxylic acids is 8. The smallest absolute Gasteiger partial charge is 0.408 e. The Kier molecular flexibility index (Phi) is 24.4. The number of aliphatic imine (C=N–C) groups is 1. The number of hydrogen-bond donors (Lipinski definition) is 6. The Morgan fingerprint density at radius 1 is 0.675 bits per heavy atom. The molecule has 80 heavy (non-hydrogen) atoms. The molecule has 428 valence electrons. The van der Waals surface area contributed by atoms with E-state index in [-0.39, 0.29) is 65.2 Å². The van der Waals surface area contributed by atoms with Gasteiger partial charge in [0.05, 0.1) is 25.6 Å². The highest BCUT2D eigenvalue weighted by Gasteiger charge is 2.42. The zero-order valence-corrected chi connectivity index (χ0v) is 45.0. The highest BCUT2D eigenvalue weighted by molar-refractivity contribution is 5.98. The van der Waals surface area contributed by atoms with Crippen LogP contribution in [0.15, 0.2) is 126 Å². The van der Waals surface area contributed by atoms with Crippen LogP contribution in [0.4, 0.5) is 4.79 Å². The molecule has 5 rings (SSSR count). The number of rotatable bonds is 28. The third-order valence-corrected chi connectivity index (χ3v) is 12.1. The molecule has 0 bridgehead atoms. The third-order valence-electron chi connectivity index (χ3n) is 12.1. The van der Waals surface area contributed by atoms with Crippen LogP contribution < -0.4 is 32.4 Å². The second kappa shape index (κ2) is 31.5. The maximum atomic E-state index is 14.9. The predicted octanol–water partition coefficient (Wildman–Crippen LogP) is 3.82. The molecule has 0 saturated carbocycles. The molecule has 1 heterocycles. The van der Waals surface area contributed by atoms with Gasteiger partial charge in [0.15, 0.2) is 5.03 Å². The van der Waals surface area contributed by atoms with Crippen LogP contribution in [0.2, 0.25) is 0 Å². The van der Waals surface area contributed by atoms with E-state index in [9.17, 15) is 48.5 Å². The van der Waals surface area contributed by atoms with Gasteiger partial charge in [0.1, 0.15) is 55.6 Å². The van der Waals surface area contributed by atoms with E-state index in [0.717, 1.165) is 4.90 Å². The molecule has 4 aromatic rings. The first-order valence-corrected chi connectivity index (χ1v) is 25.9. The fraction of sp³-hybridized carbons (Fsp3) is 0.411. The van der Waals surface area contributed by atoms with Crippen molar-refractivity contribution in [2.24, 2.45) is 10.7 Å². The van der Waals surface area contributed by atoms with Crippen molar-refractivity contribution >= 4 is 53.6 Å². The average molecular weight is 1110 g/mol. The van der Waals surface area contributed by atoms with Crippen LogP contribution >= 0.6 is 0 Å². The van der Waals surface area contributed by atoms with Gasteiger partial charge in [-0.05, 0) is 75.6 Å². The number of nitrogens with one attached hydrogen (secondary N) is 5.